The Morgan fingerprint density at radius 2 is 2.27 bits per heavy atom. The highest BCUT2D eigenvalue weighted by Gasteiger charge is 2.13. The lowest BCUT2D eigenvalue weighted by atomic mass is 10.1. The standard InChI is InChI=1S/C9H15NO3S2/c1-7-9(14-6-10-7)8(11)4-3-5-15(2,12)13/h6,8,11H,3-5H2,1-2H3. The molecular formula is C9H15NO3S2. The average molecular weight is 249 g/mol. The summed E-state index contributed by atoms with van der Waals surface area (Å²) in [6, 6.07) is 0. The Morgan fingerprint density at radius 3 is 2.73 bits per heavy atom. The second-order valence-electron chi connectivity index (χ2n) is 3.59. The number of rotatable bonds is 5. The molecule has 1 aromatic heterocycles. The van der Waals surface area contributed by atoms with Crippen molar-refractivity contribution >= 4 is 21.2 Å². The molecule has 0 aromatic carbocycles. The van der Waals surface area contributed by atoms with Gasteiger partial charge in [0.25, 0.3) is 0 Å². The van der Waals surface area contributed by atoms with Crippen LogP contribution in [-0.2, 0) is 9.84 Å². The summed E-state index contributed by atoms with van der Waals surface area (Å²) in [5, 5.41) is 9.76. The number of aliphatic hydroxyl groups excluding tert-OH is 1. The van der Waals surface area contributed by atoms with Crippen molar-refractivity contribution in [3.05, 3.63) is 16.1 Å². The van der Waals surface area contributed by atoms with E-state index in [1.807, 2.05) is 6.92 Å². The third-order valence-corrected chi connectivity index (χ3v) is 4.14. The number of hydrogen-bond acceptors (Lipinski definition) is 5. The van der Waals surface area contributed by atoms with Gasteiger partial charge >= 0.3 is 0 Å². The van der Waals surface area contributed by atoms with Gasteiger partial charge in [0.05, 0.1) is 22.2 Å². The van der Waals surface area contributed by atoms with Gasteiger partial charge in [-0.2, -0.15) is 0 Å². The van der Waals surface area contributed by atoms with Gasteiger partial charge in [-0.25, -0.2) is 13.4 Å². The lowest BCUT2D eigenvalue weighted by molar-refractivity contribution is 0.169. The Bertz CT molecular complexity index is 411. The first-order valence-electron chi connectivity index (χ1n) is 4.66. The van der Waals surface area contributed by atoms with Crippen LogP contribution in [0.2, 0.25) is 0 Å². The molecule has 1 rings (SSSR count). The van der Waals surface area contributed by atoms with Crippen molar-refractivity contribution in [2.45, 2.75) is 25.9 Å². The van der Waals surface area contributed by atoms with Gasteiger partial charge in [-0.1, -0.05) is 0 Å². The minimum absolute atomic E-state index is 0.127. The first-order chi connectivity index (χ1) is 6.90. The maximum atomic E-state index is 10.9. The van der Waals surface area contributed by atoms with Crippen molar-refractivity contribution in [1.29, 1.82) is 0 Å². The molecule has 1 N–H and O–H groups in total. The molecule has 0 spiro atoms. The highest BCUT2D eigenvalue weighted by Crippen LogP contribution is 2.25. The smallest absolute Gasteiger partial charge is 0.147 e. The molecule has 1 unspecified atom stereocenters. The molecule has 6 heteroatoms. The molecule has 15 heavy (non-hydrogen) atoms. The van der Waals surface area contributed by atoms with Gasteiger partial charge in [0.15, 0.2) is 0 Å². The highest BCUT2D eigenvalue weighted by atomic mass is 32.2. The number of sulfone groups is 1. The van der Waals surface area contributed by atoms with Gasteiger partial charge < -0.3 is 5.11 Å². The molecule has 86 valence electrons. The lowest BCUT2D eigenvalue weighted by Gasteiger charge is -2.08. The molecular weight excluding hydrogens is 234 g/mol. The minimum Gasteiger partial charge on any atom is -0.388 e. The summed E-state index contributed by atoms with van der Waals surface area (Å²) in [5.74, 6) is 0.127. The van der Waals surface area contributed by atoms with Crippen molar-refractivity contribution in [3.8, 4) is 0 Å². The van der Waals surface area contributed by atoms with E-state index in [2.05, 4.69) is 4.98 Å². The van der Waals surface area contributed by atoms with Crippen LogP contribution >= 0.6 is 11.3 Å². The van der Waals surface area contributed by atoms with Crippen LogP contribution in [0.1, 0.15) is 29.5 Å². The predicted molar refractivity (Wildman–Crippen MR) is 60.8 cm³/mol. The second kappa shape index (κ2) is 5.05. The minimum atomic E-state index is -2.92. The molecule has 1 heterocycles. The van der Waals surface area contributed by atoms with E-state index >= 15 is 0 Å². The molecule has 0 aliphatic carbocycles. The van der Waals surface area contributed by atoms with Crippen LogP contribution < -0.4 is 0 Å². The summed E-state index contributed by atoms with van der Waals surface area (Å²) < 4.78 is 21.7. The van der Waals surface area contributed by atoms with E-state index in [-0.39, 0.29) is 5.75 Å². The Kier molecular flexibility index (Phi) is 4.24. The maximum Gasteiger partial charge on any atom is 0.147 e. The lowest BCUT2D eigenvalue weighted by Crippen LogP contribution is -2.05. The van der Waals surface area contributed by atoms with E-state index in [0.29, 0.717) is 12.8 Å². The van der Waals surface area contributed by atoms with Crippen LogP contribution in [0.3, 0.4) is 0 Å². The van der Waals surface area contributed by atoms with Crippen LogP contribution in [0, 0.1) is 6.92 Å². The van der Waals surface area contributed by atoms with Crippen molar-refractivity contribution in [3.63, 3.8) is 0 Å². The maximum absolute atomic E-state index is 10.9. The van der Waals surface area contributed by atoms with Crippen molar-refractivity contribution < 1.29 is 13.5 Å². The third-order valence-electron chi connectivity index (χ3n) is 2.08. The van der Waals surface area contributed by atoms with E-state index in [4.69, 9.17) is 0 Å². The number of hydrogen-bond donors (Lipinski definition) is 1. The number of aryl methyl sites for hydroxylation is 1. The molecule has 4 nitrogen and oxygen atoms in total. The zero-order chi connectivity index (χ0) is 11.5. The molecule has 0 bridgehead atoms. The Hall–Kier alpha value is -0.460. The van der Waals surface area contributed by atoms with Crippen LogP contribution in [0.15, 0.2) is 5.51 Å². The van der Waals surface area contributed by atoms with E-state index in [9.17, 15) is 13.5 Å². The Labute approximate surface area is 93.9 Å². The van der Waals surface area contributed by atoms with Gasteiger partial charge in [0.1, 0.15) is 9.84 Å². The predicted octanol–water partition coefficient (Wildman–Crippen LogP) is 1.31. The molecule has 0 saturated heterocycles. The number of thiazole rings is 1. The summed E-state index contributed by atoms with van der Waals surface area (Å²) in [4.78, 5) is 4.87. The number of nitrogens with zero attached hydrogens (tertiary/aromatic N) is 1. The summed E-state index contributed by atoms with van der Waals surface area (Å²) in [6.07, 6.45) is 1.57. The Morgan fingerprint density at radius 1 is 1.60 bits per heavy atom. The van der Waals surface area contributed by atoms with Crippen LogP contribution in [-0.4, -0.2) is 30.5 Å². The topological polar surface area (TPSA) is 67.3 Å². The van der Waals surface area contributed by atoms with E-state index < -0.39 is 15.9 Å². The quantitative estimate of drug-likeness (QED) is 0.854. The van der Waals surface area contributed by atoms with Crippen molar-refractivity contribution in [2.75, 3.05) is 12.0 Å². The van der Waals surface area contributed by atoms with E-state index in [1.54, 1.807) is 5.51 Å². The van der Waals surface area contributed by atoms with Gasteiger partial charge in [0, 0.05) is 12.0 Å². The first-order valence-corrected chi connectivity index (χ1v) is 7.60. The first kappa shape index (κ1) is 12.6. The molecule has 1 aromatic rings. The van der Waals surface area contributed by atoms with Gasteiger partial charge in [-0.3, -0.25) is 0 Å². The monoisotopic (exact) mass is 249 g/mol. The summed E-state index contributed by atoms with van der Waals surface area (Å²) in [7, 11) is -2.92. The van der Waals surface area contributed by atoms with Gasteiger partial charge in [-0.15, -0.1) is 11.3 Å². The fraction of sp³-hybridized carbons (Fsp3) is 0.667. The van der Waals surface area contributed by atoms with E-state index in [1.165, 1.54) is 17.6 Å². The fourth-order valence-electron chi connectivity index (χ4n) is 1.30. The average Bonchev–Trinajstić information content (AvgIpc) is 2.48. The number of aromatic nitrogens is 1. The fourth-order valence-corrected chi connectivity index (χ4v) is 2.81. The molecule has 0 radical (unpaired) electrons. The number of aliphatic hydroxyl groups is 1. The second-order valence-corrected chi connectivity index (χ2v) is 6.74. The largest absolute Gasteiger partial charge is 0.388 e. The summed E-state index contributed by atoms with van der Waals surface area (Å²) in [5.41, 5.74) is 2.51. The zero-order valence-corrected chi connectivity index (χ0v) is 10.4. The molecule has 0 saturated carbocycles. The highest BCUT2D eigenvalue weighted by molar-refractivity contribution is 7.90. The molecule has 0 aliphatic rings. The molecule has 0 amide bonds. The van der Waals surface area contributed by atoms with Crippen molar-refractivity contribution in [1.82, 2.24) is 4.98 Å². The summed E-state index contributed by atoms with van der Waals surface area (Å²) >= 11 is 1.41. The van der Waals surface area contributed by atoms with Gasteiger partial charge in [0.2, 0.25) is 0 Å². The molecule has 1 atom stereocenters. The van der Waals surface area contributed by atoms with E-state index in [0.717, 1.165) is 10.6 Å². The molecule has 0 fully saturated rings. The molecule has 0 aliphatic heterocycles. The summed E-state index contributed by atoms with van der Waals surface area (Å²) in [6.45, 7) is 1.84. The zero-order valence-electron chi connectivity index (χ0n) is 8.80. The van der Waals surface area contributed by atoms with Crippen LogP contribution in [0.25, 0.3) is 0 Å². The van der Waals surface area contributed by atoms with Crippen LogP contribution in [0.5, 0.6) is 0 Å². The third kappa shape index (κ3) is 4.27. The SMILES string of the molecule is Cc1ncsc1C(O)CCCS(C)(=O)=O. The van der Waals surface area contributed by atoms with Gasteiger partial charge in [-0.05, 0) is 19.8 Å². The normalized spacial score (nSPS) is 14.1. The van der Waals surface area contributed by atoms with Crippen molar-refractivity contribution in [2.24, 2.45) is 0 Å². The van der Waals surface area contributed by atoms with Crippen LogP contribution in [0.4, 0.5) is 0 Å². The Balaban J connectivity index is 2.44.